The van der Waals surface area contributed by atoms with Gasteiger partial charge in [-0.15, -0.1) is 0 Å². The lowest BCUT2D eigenvalue weighted by Crippen LogP contribution is -2.40. The molecule has 0 spiro atoms. The molecule has 1 amide bonds. The Morgan fingerprint density at radius 1 is 1.33 bits per heavy atom. The van der Waals surface area contributed by atoms with Crippen LogP contribution in [0.1, 0.15) is 36.8 Å². The van der Waals surface area contributed by atoms with E-state index in [0.717, 1.165) is 18.9 Å². The number of aryl methyl sites for hydroxylation is 1. The summed E-state index contributed by atoms with van der Waals surface area (Å²) in [5, 5.41) is 2.60. The summed E-state index contributed by atoms with van der Waals surface area (Å²) < 4.78 is 38.6. The summed E-state index contributed by atoms with van der Waals surface area (Å²) in [7, 11) is 0. The van der Waals surface area contributed by atoms with Crippen molar-refractivity contribution in [2.75, 3.05) is 11.9 Å². The average molecular weight is 300 g/mol. The smallest absolute Gasteiger partial charge is 0.329 e. The first-order chi connectivity index (χ1) is 9.78. The Labute approximate surface area is 121 Å². The van der Waals surface area contributed by atoms with E-state index in [2.05, 4.69) is 5.32 Å². The van der Waals surface area contributed by atoms with E-state index in [1.807, 2.05) is 0 Å². The Bertz CT molecular complexity index is 534. The topological polar surface area (TPSA) is 55.1 Å². The second-order valence-corrected chi connectivity index (χ2v) is 5.67. The highest BCUT2D eigenvalue weighted by Crippen LogP contribution is 2.39. The van der Waals surface area contributed by atoms with E-state index in [-0.39, 0.29) is 23.7 Å². The van der Waals surface area contributed by atoms with Crippen molar-refractivity contribution < 1.29 is 18.0 Å². The van der Waals surface area contributed by atoms with Crippen LogP contribution in [0.5, 0.6) is 0 Å². The van der Waals surface area contributed by atoms with Crippen molar-refractivity contribution in [3.8, 4) is 0 Å². The van der Waals surface area contributed by atoms with Crippen molar-refractivity contribution in [1.82, 2.24) is 0 Å². The van der Waals surface area contributed by atoms with Crippen LogP contribution in [0.4, 0.5) is 18.9 Å². The third kappa shape index (κ3) is 3.20. The van der Waals surface area contributed by atoms with Gasteiger partial charge in [-0.25, -0.2) is 0 Å². The number of carbonyl (C=O) groups is 1. The van der Waals surface area contributed by atoms with Crippen LogP contribution in [0, 0.1) is 12.3 Å². The van der Waals surface area contributed by atoms with Gasteiger partial charge in [0.2, 0.25) is 5.91 Å². The van der Waals surface area contributed by atoms with Crippen LogP contribution >= 0.6 is 0 Å². The van der Waals surface area contributed by atoms with Gasteiger partial charge >= 0.3 is 6.18 Å². The number of amides is 1. The SMILES string of the molecule is Cc1ccc(NC(=O)C2(CN)CCCC2)cc1C(F)(F)F. The van der Waals surface area contributed by atoms with Crippen LogP contribution in [-0.4, -0.2) is 12.5 Å². The summed E-state index contributed by atoms with van der Waals surface area (Å²) in [5.41, 5.74) is 4.64. The van der Waals surface area contributed by atoms with Gasteiger partial charge in [0.25, 0.3) is 0 Å². The summed E-state index contributed by atoms with van der Waals surface area (Å²) in [4.78, 5) is 12.3. The highest BCUT2D eigenvalue weighted by molar-refractivity contribution is 5.95. The first-order valence-electron chi connectivity index (χ1n) is 6.98. The van der Waals surface area contributed by atoms with Crippen LogP contribution in [0.3, 0.4) is 0 Å². The second kappa shape index (κ2) is 5.67. The molecule has 21 heavy (non-hydrogen) atoms. The van der Waals surface area contributed by atoms with Gasteiger partial charge in [0.1, 0.15) is 0 Å². The van der Waals surface area contributed by atoms with Gasteiger partial charge in [-0.3, -0.25) is 4.79 Å². The van der Waals surface area contributed by atoms with Crippen molar-refractivity contribution in [2.45, 2.75) is 38.8 Å². The molecule has 0 aromatic heterocycles. The molecule has 0 heterocycles. The number of anilines is 1. The summed E-state index contributed by atoms with van der Waals surface area (Å²) in [5.74, 6) is -0.278. The van der Waals surface area contributed by atoms with E-state index in [9.17, 15) is 18.0 Å². The third-order valence-corrected chi connectivity index (χ3v) is 4.23. The largest absolute Gasteiger partial charge is 0.416 e. The maximum atomic E-state index is 12.9. The summed E-state index contributed by atoms with van der Waals surface area (Å²) in [6.45, 7) is 1.61. The van der Waals surface area contributed by atoms with Gasteiger partial charge in [-0.05, 0) is 37.5 Å². The predicted octanol–water partition coefficient (Wildman–Crippen LogP) is 3.47. The fourth-order valence-electron chi connectivity index (χ4n) is 2.84. The molecule has 1 aromatic rings. The van der Waals surface area contributed by atoms with Crippen LogP contribution in [0.2, 0.25) is 0 Å². The Morgan fingerprint density at radius 2 is 1.95 bits per heavy atom. The van der Waals surface area contributed by atoms with Crippen molar-refractivity contribution >= 4 is 11.6 Å². The molecule has 1 aliphatic rings. The highest BCUT2D eigenvalue weighted by atomic mass is 19.4. The molecule has 1 fully saturated rings. The molecule has 1 saturated carbocycles. The molecule has 0 atom stereocenters. The minimum absolute atomic E-state index is 0.134. The number of carbonyl (C=O) groups excluding carboxylic acids is 1. The molecule has 0 aliphatic heterocycles. The maximum absolute atomic E-state index is 12.9. The third-order valence-electron chi connectivity index (χ3n) is 4.23. The standard InChI is InChI=1S/C15H19F3N2O/c1-10-4-5-11(8-12(10)15(16,17)18)20-13(21)14(9-19)6-2-3-7-14/h4-5,8H,2-3,6-7,9,19H2,1H3,(H,20,21). The Balaban J connectivity index is 2.22. The van der Waals surface area contributed by atoms with Gasteiger partial charge in [-0.1, -0.05) is 18.9 Å². The normalized spacial score (nSPS) is 17.8. The number of hydrogen-bond donors (Lipinski definition) is 2. The minimum atomic E-state index is -4.43. The van der Waals surface area contributed by atoms with Gasteiger partial charge in [0.15, 0.2) is 0 Å². The zero-order valence-corrected chi connectivity index (χ0v) is 11.9. The van der Waals surface area contributed by atoms with Gasteiger partial charge in [0, 0.05) is 12.2 Å². The van der Waals surface area contributed by atoms with Gasteiger partial charge in [0.05, 0.1) is 11.0 Å². The number of rotatable bonds is 3. The van der Waals surface area contributed by atoms with Crippen LogP contribution in [0.15, 0.2) is 18.2 Å². The molecule has 116 valence electrons. The molecule has 0 saturated heterocycles. The molecule has 1 aromatic carbocycles. The van der Waals surface area contributed by atoms with Gasteiger partial charge < -0.3 is 11.1 Å². The van der Waals surface area contributed by atoms with Crippen molar-refractivity contribution in [1.29, 1.82) is 0 Å². The summed E-state index contributed by atoms with van der Waals surface area (Å²) >= 11 is 0. The van der Waals surface area contributed by atoms with E-state index in [1.165, 1.54) is 19.1 Å². The number of halogens is 3. The predicted molar refractivity (Wildman–Crippen MR) is 74.8 cm³/mol. The minimum Gasteiger partial charge on any atom is -0.329 e. The quantitative estimate of drug-likeness (QED) is 0.898. The number of hydrogen-bond acceptors (Lipinski definition) is 2. The lowest BCUT2D eigenvalue weighted by molar-refractivity contribution is -0.138. The fraction of sp³-hybridized carbons (Fsp3) is 0.533. The summed E-state index contributed by atoms with van der Waals surface area (Å²) in [6.07, 6.45) is -1.21. The zero-order valence-electron chi connectivity index (χ0n) is 11.9. The van der Waals surface area contributed by atoms with E-state index < -0.39 is 17.2 Å². The van der Waals surface area contributed by atoms with E-state index in [1.54, 1.807) is 0 Å². The summed E-state index contributed by atoms with van der Waals surface area (Å²) in [6, 6.07) is 3.83. The molecule has 0 radical (unpaired) electrons. The van der Waals surface area contributed by atoms with E-state index >= 15 is 0 Å². The van der Waals surface area contributed by atoms with Crippen molar-refractivity contribution in [3.63, 3.8) is 0 Å². The number of alkyl halides is 3. The number of nitrogens with two attached hydrogens (primary N) is 1. The van der Waals surface area contributed by atoms with Crippen molar-refractivity contribution in [3.05, 3.63) is 29.3 Å². The fourth-order valence-corrected chi connectivity index (χ4v) is 2.84. The van der Waals surface area contributed by atoms with Crippen LogP contribution < -0.4 is 11.1 Å². The molecule has 6 heteroatoms. The molecular formula is C15H19F3N2O. The van der Waals surface area contributed by atoms with Crippen LogP contribution in [0.25, 0.3) is 0 Å². The van der Waals surface area contributed by atoms with E-state index in [0.29, 0.717) is 12.8 Å². The molecule has 0 unspecified atom stereocenters. The molecule has 3 N–H and O–H groups in total. The lowest BCUT2D eigenvalue weighted by Gasteiger charge is -2.26. The van der Waals surface area contributed by atoms with E-state index in [4.69, 9.17) is 5.73 Å². The molecule has 2 rings (SSSR count). The average Bonchev–Trinajstić information content (AvgIpc) is 2.89. The van der Waals surface area contributed by atoms with Crippen molar-refractivity contribution in [2.24, 2.45) is 11.1 Å². The molecule has 0 bridgehead atoms. The number of nitrogens with one attached hydrogen (secondary N) is 1. The number of benzene rings is 1. The Morgan fingerprint density at radius 3 is 2.48 bits per heavy atom. The first kappa shape index (κ1) is 15.8. The molecule has 1 aliphatic carbocycles. The second-order valence-electron chi connectivity index (χ2n) is 5.67. The Hall–Kier alpha value is -1.56. The monoisotopic (exact) mass is 300 g/mol. The maximum Gasteiger partial charge on any atom is 0.416 e. The van der Waals surface area contributed by atoms with Crippen LogP contribution in [-0.2, 0) is 11.0 Å². The molecular weight excluding hydrogens is 281 g/mol. The Kier molecular flexibility index (Phi) is 4.27. The first-order valence-corrected chi connectivity index (χ1v) is 6.98. The highest BCUT2D eigenvalue weighted by Gasteiger charge is 2.40. The lowest BCUT2D eigenvalue weighted by atomic mass is 9.85. The zero-order chi connectivity index (χ0) is 15.7. The van der Waals surface area contributed by atoms with Gasteiger partial charge in [-0.2, -0.15) is 13.2 Å². The molecule has 3 nitrogen and oxygen atoms in total.